The normalized spacial score (nSPS) is 30.2. The van der Waals surface area contributed by atoms with Crippen LogP contribution in [0.25, 0.3) is 0 Å². The molecule has 3 nitrogen and oxygen atoms in total. The molecule has 2 N–H and O–H groups in total. The summed E-state index contributed by atoms with van der Waals surface area (Å²) in [5.74, 6) is -0.0720. The zero-order valence-electron chi connectivity index (χ0n) is 8.22. The van der Waals surface area contributed by atoms with Gasteiger partial charge in [-0.1, -0.05) is 23.7 Å². The molecule has 1 aliphatic carbocycles. The second kappa shape index (κ2) is 3.47. The van der Waals surface area contributed by atoms with E-state index in [1.165, 1.54) is 6.26 Å². The van der Waals surface area contributed by atoms with E-state index in [1.54, 1.807) is 12.1 Å². The maximum Gasteiger partial charge on any atom is 0.152 e. The van der Waals surface area contributed by atoms with Crippen molar-refractivity contribution in [3.8, 4) is 0 Å². The van der Waals surface area contributed by atoms with Crippen molar-refractivity contribution >= 4 is 21.4 Å². The van der Waals surface area contributed by atoms with Crippen molar-refractivity contribution < 1.29 is 8.42 Å². The lowest BCUT2D eigenvalue weighted by atomic mass is 10.1. The number of benzene rings is 1. The Balaban J connectivity index is 2.26. The monoisotopic (exact) mass is 245 g/mol. The largest absolute Gasteiger partial charge is 0.326 e. The minimum absolute atomic E-state index is 0.0720. The molecule has 0 aliphatic heterocycles. The van der Waals surface area contributed by atoms with Crippen LogP contribution in [0.15, 0.2) is 24.3 Å². The summed E-state index contributed by atoms with van der Waals surface area (Å²) in [4.78, 5) is 0. The summed E-state index contributed by atoms with van der Waals surface area (Å²) in [6.07, 6.45) is 1.23. The van der Waals surface area contributed by atoms with Crippen molar-refractivity contribution in [1.82, 2.24) is 0 Å². The van der Waals surface area contributed by atoms with Gasteiger partial charge in [0.2, 0.25) is 0 Å². The Labute approximate surface area is 94.2 Å². The van der Waals surface area contributed by atoms with E-state index < -0.39 is 15.1 Å². The smallest absolute Gasteiger partial charge is 0.152 e. The van der Waals surface area contributed by atoms with Gasteiger partial charge in [0.15, 0.2) is 9.84 Å². The second-order valence-electron chi connectivity index (χ2n) is 3.95. The average molecular weight is 246 g/mol. The lowest BCUT2D eigenvalue weighted by molar-refractivity contribution is 0.599. The minimum Gasteiger partial charge on any atom is -0.326 e. The van der Waals surface area contributed by atoms with Crippen LogP contribution < -0.4 is 5.73 Å². The lowest BCUT2D eigenvalue weighted by Crippen LogP contribution is -2.13. The lowest BCUT2D eigenvalue weighted by Gasteiger charge is -1.98. The molecular weight excluding hydrogens is 234 g/mol. The highest BCUT2D eigenvalue weighted by Crippen LogP contribution is 2.44. The number of halogens is 1. The summed E-state index contributed by atoms with van der Waals surface area (Å²) in [5.41, 5.74) is 6.70. The Morgan fingerprint density at radius 3 is 2.20 bits per heavy atom. The Morgan fingerprint density at radius 2 is 1.80 bits per heavy atom. The van der Waals surface area contributed by atoms with Crippen LogP contribution in [0.4, 0.5) is 0 Å². The average Bonchev–Trinajstić information content (AvgIpc) is 2.78. The van der Waals surface area contributed by atoms with E-state index in [4.69, 9.17) is 17.3 Å². The third-order valence-corrected chi connectivity index (χ3v) is 4.60. The van der Waals surface area contributed by atoms with Gasteiger partial charge in [-0.3, -0.25) is 0 Å². The molecule has 1 fully saturated rings. The summed E-state index contributed by atoms with van der Waals surface area (Å²) in [7, 11) is -3.04. The molecule has 0 unspecified atom stereocenters. The van der Waals surface area contributed by atoms with E-state index >= 15 is 0 Å². The molecule has 3 atom stereocenters. The first-order chi connectivity index (χ1) is 6.91. The van der Waals surface area contributed by atoms with Gasteiger partial charge in [-0.05, 0) is 17.7 Å². The van der Waals surface area contributed by atoms with E-state index in [0.29, 0.717) is 5.02 Å². The van der Waals surface area contributed by atoms with E-state index in [2.05, 4.69) is 0 Å². The molecule has 0 radical (unpaired) electrons. The SMILES string of the molecule is CS(=O)(=O)[C@@H]1[C@@H](N)[C@@H]1c1ccc(Cl)cc1. The van der Waals surface area contributed by atoms with Crippen LogP contribution in [0, 0.1) is 0 Å². The zero-order valence-corrected chi connectivity index (χ0v) is 9.79. The first-order valence-electron chi connectivity index (χ1n) is 4.61. The summed E-state index contributed by atoms with van der Waals surface area (Å²) in [6, 6.07) is 6.89. The minimum atomic E-state index is -3.04. The van der Waals surface area contributed by atoms with Crippen molar-refractivity contribution in [3.63, 3.8) is 0 Å². The molecule has 0 aromatic heterocycles. The van der Waals surface area contributed by atoms with Gasteiger partial charge < -0.3 is 5.73 Å². The summed E-state index contributed by atoms with van der Waals surface area (Å²) in [6.45, 7) is 0. The maximum absolute atomic E-state index is 11.3. The summed E-state index contributed by atoms with van der Waals surface area (Å²) in [5, 5.41) is 0.211. The van der Waals surface area contributed by atoms with E-state index in [0.717, 1.165) is 5.56 Å². The molecular formula is C10H12ClNO2S. The number of hydrogen-bond donors (Lipinski definition) is 1. The van der Waals surface area contributed by atoms with E-state index in [-0.39, 0.29) is 12.0 Å². The Bertz CT molecular complexity index is 469. The fourth-order valence-corrected chi connectivity index (χ4v) is 3.60. The van der Waals surface area contributed by atoms with Gasteiger partial charge in [0.1, 0.15) is 0 Å². The zero-order chi connectivity index (χ0) is 11.2. The maximum atomic E-state index is 11.3. The Kier molecular flexibility index (Phi) is 2.53. The number of rotatable bonds is 2. The van der Waals surface area contributed by atoms with Crippen molar-refractivity contribution in [3.05, 3.63) is 34.9 Å². The van der Waals surface area contributed by atoms with E-state index in [1.807, 2.05) is 12.1 Å². The molecule has 0 heterocycles. The molecule has 0 bridgehead atoms. The molecule has 0 amide bonds. The topological polar surface area (TPSA) is 60.2 Å². The van der Waals surface area contributed by atoms with Crippen molar-refractivity contribution in [2.45, 2.75) is 17.2 Å². The molecule has 82 valence electrons. The fourth-order valence-electron chi connectivity index (χ4n) is 1.95. The molecule has 1 aromatic rings. The molecule has 15 heavy (non-hydrogen) atoms. The van der Waals surface area contributed by atoms with Crippen LogP contribution >= 0.6 is 11.6 Å². The van der Waals surface area contributed by atoms with Gasteiger partial charge in [-0.15, -0.1) is 0 Å². The van der Waals surface area contributed by atoms with Crippen LogP contribution in [0.2, 0.25) is 5.02 Å². The Hall–Kier alpha value is -0.580. The van der Waals surface area contributed by atoms with Crippen LogP contribution in [-0.2, 0) is 9.84 Å². The van der Waals surface area contributed by atoms with Crippen LogP contribution in [0.5, 0.6) is 0 Å². The van der Waals surface area contributed by atoms with Crippen molar-refractivity contribution in [2.24, 2.45) is 5.73 Å². The summed E-state index contributed by atoms with van der Waals surface area (Å²) < 4.78 is 22.7. The van der Waals surface area contributed by atoms with Gasteiger partial charge in [-0.25, -0.2) is 8.42 Å². The van der Waals surface area contributed by atoms with E-state index in [9.17, 15) is 8.42 Å². The van der Waals surface area contributed by atoms with Crippen molar-refractivity contribution in [2.75, 3.05) is 6.26 Å². The van der Waals surface area contributed by atoms with Crippen LogP contribution in [0.1, 0.15) is 11.5 Å². The fraction of sp³-hybridized carbons (Fsp3) is 0.400. The third kappa shape index (κ3) is 2.02. The van der Waals surface area contributed by atoms with Gasteiger partial charge in [0.05, 0.1) is 5.25 Å². The molecule has 0 saturated heterocycles. The van der Waals surface area contributed by atoms with Gasteiger partial charge in [0, 0.05) is 23.2 Å². The second-order valence-corrected chi connectivity index (χ2v) is 6.59. The van der Waals surface area contributed by atoms with Crippen LogP contribution in [0.3, 0.4) is 0 Å². The number of hydrogen-bond acceptors (Lipinski definition) is 3. The molecule has 1 aliphatic rings. The number of sulfone groups is 1. The summed E-state index contributed by atoms with van der Waals surface area (Å²) >= 11 is 5.75. The molecule has 2 rings (SSSR count). The first-order valence-corrected chi connectivity index (χ1v) is 6.94. The predicted octanol–water partition coefficient (Wildman–Crippen LogP) is 1.18. The highest BCUT2D eigenvalue weighted by Gasteiger charge is 2.54. The standard InChI is InChI=1S/C10H12ClNO2S/c1-15(13,14)10-8(9(10)12)6-2-4-7(11)5-3-6/h2-5,8-10H,12H2,1H3/t8-,9-,10-/m0/s1. The predicted molar refractivity (Wildman–Crippen MR) is 60.8 cm³/mol. The molecule has 1 aromatic carbocycles. The molecule has 1 saturated carbocycles. The Morgan fingerprint density at radius 1 is 1.27 bits per heavy atom. The number of nitrogens with two attached hydrogens (primary N) is 1. The van der Waals surface area contributed by atoms with Gasteiger partial charge >= 0.3 is 0 Å². The highest BCUT2D eigenvalue weighted by atomic mass is 35.5. The van der Waals surface area contributed by atoms with Crippen molar-refractivity contribution in [1.29, 1.82) is 0 Å². The quantitative estimate of drug-likeness (QED) is 0.851. The van der Waals surface area contributed by atoms with Gasteiger partial charge in [-0.2, -0.15) is 0 Å². The third-order valence-electron chi connectivity index (χ3n) is 2.76. The molecule has 0 spiro atoms. The first kappa shape index (κ1) is 10.9. The van der Waals surface area contributed by atoms with Crippen LogP contribution in [-0.4, -0.2) is 26.0 Å². The highest BCUT2D eigenvalue weighted by molar-refractivity contribution is 7.91. The van der Waals surface area contributed by atoms with Gasteiger partial charge in [0.25, 0.3) is 0 Å². The molecule has 5 heteroatoms.